The predicted molar refractivity (Wildman–Crippen MR) is 224 cm³/mol. The van der Waals surface area contributed by atoms with E-state index >= 15 is 0 Å². The summed E-state index contributed by atoms with van der Waals surface area (Å²) < 4.78 is 12.6. The van der Waals surface area contributed by atoms with Crippen LogP contribution in [-0.2, 0) is 0 Å². The van der Waals surface area contributed by atoms with Gasteiger partial charge in [0.2, 0.25) is 0 Å². The Morgan fingerprint density at radius 3 is 0.902 bits per heavy atom. The summed E-state index contributed by atoms with van der Waals surface area (Å²) in [5.74, 6) is 2.44. The molecule has 0 saturated carbocycles. The van der Waals surface area contributed by atoms with Crippen LogP contribution in [0, 0.1) is 94.3 Å². The molecule has 0 amide bonds. The van der Waals surface area contributed by atoms with Gasteiger partial charge in [0.05, 0.1) is 0 Å². The Kier molecular flexibility index (Phi) is 21.0. The molecule has 0 aliphatic carbocycles. The molecular weight excluding hydrogens is 643 g/mol. The van der Waals surface area contributed by atoms with Crippen LogP contribution in [-0.4, -0.2) is 0 Å². The molecule has 6 rings (SSSR count). The fraction of sp³-hybridized carbons (Fsp3) is 0.224. The Labute approximate surface area is 314 Å². The summed E-state index contributed by atoms with van der Waals surface area (Å²) in [4.78, 5) is 0. The monoisotopic (exact) mass is 698 g/mol. The van der Waals surface area contributed by atoms with Gasteiger partial charge < -0.3 is 0 Å². The average molecular weight is 699 g/mol. The molecule has 0 aromatic heterocycles. The van der Waals surface area contributed by atoms with Gasteiger partial charge in [-0.3, -0.25) is 0 Å². The first kappa shape index (κ1) is 44.1. The van der Waals surface area contributed by atoms with E-state index in [1.807, 2.05) is 63.2 Å². The lowest BCUT2D eigenvalue weighted by atomic mass is 10.2. The number of terminal acetylenes is 1. The Balaban J connectivity index is 0.000000306. The average Bonchev–Trinajstić information content (AvgIpc) is 3.10. The molecule has 0 spiro atoms. The van der Waals surface area contributed by atoms with Gasteiger partial charge in [-0.25, -0.2) is 4.39 Å². The highest BCUT2D eigenvalue weighted by atomic mass is 35.5. The second-order valence-corrected chi connectivity index (χ2v) is 13.4. The number of hydrogen-bond acceptors (Lipinski definition) is 0. The van der Waals surface area contributed by atoms with Crippen molar-refractivity contribution in [2.75, 3.05) is 0 Å². The van der Waals surface area contributed by atoms with Gasteiger partial charge in [0.25, 0.3) is 0 Å². The van der Waals surface area contributed by atoms with E-state index in [0.717, 1.165) is 21.7 Å². The van der Waals surface area contributed by atoms with Gasteiger partial charge in [-0.1, -0.05) is 171 Å². The van der Waals surface area contributed by atoms with Gasteiger partial charge in [0.1, 0.15) is 5.82 Å². The van der Waals surface area contributed by atoms with Crippen LogP contribution in [0.5, 0.6) is 0 Å². The molecular formula is C49H56ClF. The smallest absolute Gasteiger partial charge is 0.126 e. The van der Waals surface area contributed by atoms with Crippen molar-refractivity contribution in [3.8, 4) is 12.3 Å². The largest absolute Gasteiger partial charge is 0.207 e. The van der Waals surface area contributed by atoms with Gasteiger partial charge in [-0.05, 0) is 117 Å². The first-order valence-electron chi connectivity index (χ1n) is 17.2. The van der Waals surface area contributed by atoms with E-state index in [4.69, 9.17) is 18.0 Å². The second-order valence-electron chi connectivity index (χ2n) is 13.0. The highest BCUT2D eigenvalue weighted by Gasteiger charge is 1.93. The molecule has 6 aromatic rings. The maximum Gasteiger partial charge on any atom is 0.126 e. The lowest BCUT2D eigenvalue weighted by molar-refractivity contribution is 0.617. The third-order valence-corrected chi connectivity index (χ3v) is 7.94. The van der Waals surface area contributed by atoms with Crippen molar-refractivity contribution in [1.82, 2.24) is 0 Å². The van der Waals surface area contributed by atoms with Crippen molar-refractivity contribution in [3.05, 3.63) is 211 Å². The fourth-order valence-electron chi connectivity index (χ4n) is 4.05. The molecule has 0 N–H and O–H groups in total. The van der Waals surface area contributed by atoms with Gasteiger partial charge in [0, 0.05) is 10.6 Å². The SMILES string of the molecule is C#Cc1ccc(C)cc1.Cc1ccc(C)c(F)c1.Cc1ccc(C)cc1.Cc1ccc(C)cc1.Cc1ccc(C)cc1.Cc1ccc(Cl)c(C)c1. The van der Waals surface area contributed by atoms with E-state index in [0.29, 0.717) is 5.56 Å². The van der Waals surface area contributed by atoms with E-state index < -0.39 is 0 Å². The molecule has 0 radical (unpaired) electrons. The summed E-state index contributed by atoms with van der Waals surface area (Å²) >= 11 is 5.78. The highest BCUT2D eigenvalue weighted by Crippen LogP contribution is 2.15. The third kappa shape index (κ3) is 21.0. The zero-order chi connectivity index (χ0) is 38.3. The van der Waals surface area contributed by atoms with E-state index in [1.54, 1.807) is 13.0 Å². The zero-order valence-corrected chi connectivity index (χ0v) is 33.3. The molecule has 0 unspecified atom stereocenters. The third-order valence-electron chi connectivity index (χ3n) is 7.51. The maximum absolute atomic E-state index is 12.6. The number of aryl methyl sites for hydroxylation is 11. The van der Waals surface area contributed by atoms with Crippen molar-refractivity contribution in [1.29, 1.82) is 0 Å². The molecule has 0 aliphatic rings. The molecule has 0 aliphatic heterocycles. The van der Waals surface area contributed by atoms with Crippen molar-refractivity contribution in [3.63, 3.8) is 0 Å². The number of benzene rings is 6. The summed E-state index contributed by atoms with van der Waals surface area (Å²) in [7, 11) is 0. The van der Waals surface area contributed by atoms with Crippen LogP contribution in [0.15, 0.2) is 133 Å². The molecule has 266 valence electrons. The molecule has 0 heterocycles. The Hall–Kier alpha value is -4.90. The quantitative estimate of drug-likeness (QED) is 0.139. The van der Waals surface area contributed by atoms with Crippen molar-refractivity contribution in [2.45, 2.75) is 76.2 Å². The topological polar surface area (TPSA) is 0 Å². The van der Waals surface area contributed by atoms with Crippen LogP contribution in [0.25, 0.3) is 0 Å². The first-order valence-corrected chi connectivity index (χ1v) is 17.6. The molecule has 0 fully saturated rings. The van der Waals surface area contributed by atoms with Crippen LogP contribution in [0.4, 0.5) is 4.39 Å². The number of hydrogen-bond donors (Lipinski definition) is 0. The Morgan fingerprint density at radius 2 is 0.647 bits per heavy atom. The molecule has 6 aromatic carbocycles. The lowest BCUT2D eigenvalue weighted by Crippen LogP contribution is -1.81. The van der Waals surface area contributed by atoms with Gasteiger partial charge in [-0.2, -0.15) is 0 Å². The van der Waals surface area contributed by atoms with Crippen LogP contribution < -0.4 is 0 Å². The lowest BCUT2D eigenvalue weighted by Gasteiger charge is -1.96. The summed E-state index contributed by atoms with van der Waals surface area (Å²) in [6, 6.07) is 44.6. The molecule has 0 atom stereocenters. The number of halogens is 2. The van der Waals surface area contributed by atoms with E-state index in [-0.39, 0.29) is 5.82 Å². The summed E-state index contributed by atoms with van der Waals surface area (Å²) in [5.41, 5.74) is 14.3. The zero-order valence-electron chi connectivity index (χ0n) is 32.5. The summed E-state index contributed by atoms with van der Waals surface area (Å²) in [6.07, 6.45) is 5.15. The summed E-state index contributed by atoms with van der Waals surface area (Å²) in [5, 5.41) is 0.848. The first-order chi connectivity index (χ1) is 24.1. The van der Waals surface area contributed by atoms with Crippen molar-refractivity contribution in [2.24, 2.45) is 0 Å². The minimum atomic E-state index is -0.116. The predicted octanol–water partition coefficient (Wildman–Crippen LogP) is 14.3. The maximum atomic E-state index is 12.6. The highest BCUT2D eigenvalue weighted by molar-refractivity contribution is 6.31. The van der Waals surface area contributed by atoms with Crippen LogP contribution in [0.3, 0.4) is 0 Å². The number of rotatable bonds is 0. The minimum Gasteiger partial charge on any atom is -0.207 e. The van der Waals surface area contributed by atoms with E-state index in [1.165, 1.54) is 50.6 Å². The summed E-state index contributed by atoms with van der Waals surface area (Å²) in [6.45, 7) is 22.3. The minimum absolute atomic E-state index is 0.116. The van der Waals surface area contributed by atoms with E-state index in [2.05, 4.69) is 133 Å². The van der Waals surface area contributed by atoms with E-state index in [9.17, 15) is 4.39 Å². The van der Waals surface area contributed by atoms with Crippen LogP contribution in [0.1, 0.15) is 66.8 Å². The van der Waals surface area contributed by atoms with Crippen LogP contribution >= 0.6 is 11.6 Å². The molecule has 0 nitrogen and oxygen atoms in total. The second kappa shape index (κ2) is 24.3. The van der Waals surface area contributed by atoms with Crippen LogP contribution in [0.2, 0.25) is 5.02 Å². The van der Waals surface area contributed by atoms with Gasteiger partial charge >= 0.3 is 0 Å². The molecule has 2 heteroatoms. The molecule has 51 heavy (non-hydrogen) atoms. The Bertz CT molecular complexity index is 1660. The Morgan fingerprint density at radius 1 is 0.373 bits per heavy atom. The van der Waals surface area contributed by atoms with Gasteiger partial charge in [0.15, 0.2) is 0 Å². The molecule has 0 saturated heterocycles. The fourth-order valence-corrected chi connectivity index (χ4v) is 4.17. The van der Waals surface area contributed by atoms with Gasteiger partial charge in [-0.15, -0.1) is 6.42 Å². The van der Waals surface area contributed by atoms with Crippen molar-refractivity contribution >= 4 is 11.6 Å². The normalized spacial score (nSPS) is 9.25. The van der Waals surface area contributed by atoms with Crippen molar-refractivity contribution < 1.29 is 4.39 Å². The standard InChI is InChI=1S/C9H8.C8H9Cl.C8H9F.3C8H10/c1-3-9-6-4-8(2)5-7-9;1-6-3-4-8(9)7(2)5-6;1-6-3-4-7(2)8(9)5-6;3*1-7-3-5-8(2)6-4-7/h1,4-7H,2H3;2*3-5H,1-2H3;3*3-6H,1-2H3. The molecule has 0 bridgehead atoms.